The number of aliphatic hydroxyl groups is 1. The lowest BCUT2D eigenvalue weighted by molar-refractivity contribution is -0.168. The van der Waals surface area contributed by atoms with Crippen LogP contribution >= 0.6 is 0 Å². The molecule has 29 heavy (non-hydrogen) atoms. The molecule has 0 bridgehead atoms. The number of carbonyl (C=O) groups is 1. The molecule has 0 heterocycles. The molecule has 0 radical (unpaired) electrons. The molecule has 0 saturated heterocycles. The van der Waals surface area contributed by atoms with Gasteiger partial charge in [-0.1, -0.05) is 25.8 Å². The first-order valence-electron chi connectivity index (χ1n) is 10.7. The molecule has 0 amide bonds. The zero-order chi connectivity index (χ0) is 21.4. The van der Waals surface area contributed by atoms with Crippen molar-refractivity contribution in [2.75, 3.05) is 14.2 Å². The van der Waals surface area contributed by atoms with Crippen LogP contribution in [-0.4, -0.2) is 42.0 Å². The van der Waals surface area contributed by atoms with E-state index in [1.54, 1.807) is 0 Å². The van der Waals surface area contributed by atoms with Gasteiger partial charge in [0.15, 0.2) is 11.5 Å². The van der Waals surface area contributed by atoms with Crippen molar-refractivity contribution < 1.29 is 24.5 Å². The third-order valence-electron chi connectivity index (χ3n) is 6.05. The van der Waals surface area contributed by atoms with Gasteiger partial charge in [-0.05, 0) is 56.7 Å². The van der Waals surface area contributed by atoms with Crippen molar-refractivity contribution >= 4 is 5.97 Å². The minimum absolute atomic E-state index is 0.146. The number of aryl methyl sites for hydroxylation is 1. The van der Waals surface area contributed by atoms with Crippen molar-refractivity contribution in [2.45, 2.75) is 83.5 Å². The highest BCUT2D eigenvalue weighted by Gasteiger charge is 2.42. The normalized spacial score (nSPS) is 24.3. The highest BCUT2D eigenvalue weighted by atomic mass is 16.6. The van der Waals surface area contributed by atoms with Gasteiger partial charge in [0.25, 0.3) is 0 Å². The van der Waals surface area contributed by atoms with Crippen LogP contribution in [0, 0.1) is 5.92 Å². The number of rotatable bonds is 10. The highest BCUT2D eigenvalue weighted by molar-refractivity contribution is 5.66. The van der Waals surface area contributed by atoms with Crippen LogP contribution in [0.25, 0.3) is 0 Å². The van der Waals surface area contributed by atoms with E-state index in [9.17, 15) is 15.0 Å². The predicted molar refractivity (Wildman–Crippen MR) is 113 cm³/mol. The van der Waals surface area contributed by atoms with Gasteiger partial charge < -0.3 is 25.0 Å². The first kappa shape index (κ1) is 23.5. The first-order chi connectivity index (χ1) is 13.8. The summed E-state index contributed by atoms with van der Waals surface area (Å²) in [7, 11) is 3.36. The second kappa shape index (κ2) is 10.8. The number of methoxy groups -OCH3 is 1. The number of aliphatic hydroxyl groups excluding tert-OH is 1. The summed E-state index contributed by atoms with van der Waals surface area (Å²) in [6.45, 7) is 4.13. The predicted octanol–water partition coefficient (Wildman–Crippen LogP) is 3.71. The molecule has 1 aromatic carbocycles. The Morgan fingerprint density at radius 3 is 2.72 bits per heavy atom. The van der Waals surface area contributed by atoms with Crippen molar-refractivity contribution in [3.63, 3.8) is 0 Å². The van der Waals surface area contributed by atoms with Crippen LogP contribution < -0.4 is 10.1 Å². The highest BCUT2D eigenvalue weighted by Crippen LogP contribution is 2.41. The number of nitrogens with one attached hydrogen (secondary N) is 1. The Morgan fingerprint density at radius 1 is 1.38 bits per heavy atom. The van der Waals surface area contributed by atoms with E-state index in [1.165, 1.54) is 14.0 Å². The summed E-state index contributed by atoms with van der Waals surface area (Å²) in [6.07, 6.45) is 6.26. The lowest BCUT2D eigenvalue weighted by atomic mass is 9.72. The Balaban J connectivity index is 2.15. The monoisotopic (exact) mass is 407 g/mol. The Labute approximate surface area is 174 Å². The van der Waals surface area contributed by atoms with Gasteiger partial charge in [0, 0.05) is 25.5 Å². The number of phenolic OH excluding ortho intramolecular Hbond substituents is 1. The number of hydrogen-bond acceptors (Lipinski definition) is 6. The summed E-state index contributed by atoms with van der Waals surface area (Å²) in [5.41, 5.74) is 1.15. The Bertz CT molecular complexity index is 677. The zero-order valence-electron chi connectivity index (χ0n) is 18.3. The molecule has 1 fully saturated rings. The molecule has 1 aliphatic carbocycles. The quantitative estimate of drug-likeness (QED) is 0.513. The molecule has 3 N–H and O–H groups in total. The summed E-state index contributed by atoms with van der Waals surface area (Å²) >= 11 is 0. The van der Waals surface area contributed by atoms with Crippen molar-refractivity contribution in [2.24, 2.45) is 5.92 Å². The fourth-order valence-corrected chi connectivity index (χ4v) is 4.50. The van der Waals surface area contributed by atoms with Crippen LogP contribution in [0.3, 0.4) is 0 Å². The molecule has 1 aromatic rings. The summed E-state index contributed by atoms with van der Waals surface area (Å²) in [5.74, 6) is 0.572. The van der Waals surface area contributed by atoms with Gasteiger partial charge in [-0.15, -0.1) is 0 Å². The van der Waals surface area contributed by atoms with Crippen molar-refractivity contribution in [3.8, 4) is 11.5 Å². The third kappa shape index (κ3) is 6.34. The number of phenols is 1. The van der Waals surface area contributed by atoms with Crippen molar-refractivity contribution in [1.82, 2.24) is 5.32 Å². The molecular weight excluding hydrogens is 370 g/mol. The van der Waals surface area contributed by atoms with Crippen LogP contribution in [0.1, 0.15) is 69.9 Å². The third-order valence-corrected chi connectivity index (χ3v) is 6.05. The van der Waals surface area contributed by atoms with Crippen LogP contribution in [0.5, 0.6) is 11.5 Å². The van der Waals surface area contributed by atoms with Gasteiger partial charge in [0.05, 0.1) is 13.2 Å². The van der Waals surface area contributed by atoms with Crippen LogP contribution in [0.15, 0.2) is 12.1 Å². The van der Waals surface area contributed by atoms with Gasteiger partial charge in [-0.25, -0.2) is 0 Å². The molecule has 3 atom stereocenters. The number of aromatic hydroxyl groups is 1. The molecule has 0 aliphatic heterocycles. The summed E-state index contributed by atoms with van der Waals surface area (Å²) in [5, 5.41) is 24.1. The Hall–Kier alpha value is -1.79. The molecule has 3 unspecified atom stereocenters. The summed E-state index contributed by atoms with van der Waals surface area (Å²) < 4.78 is 11.1. The summed E-state index contributed by atoms with van der Waals surface area (Å²) in [4.78, 5) is 11.8. The molecule has 2 rings (SSSR count). The number of benzene rings is 1. The fraction of sp³-hybridized carbons (Fsp3) is 0.696. The van der Waals surface area contributed by atoms with E-state index in [0.717, 1.165) is 43.2 Å². The Morgan fingerprint density at radius 2 is 2.14 bits per heavy atom. The van der Waals surface area contributed by atoms with E-state index in [1.807, 2.05) is 19.2 Å². The van der Waals surface area contributed by atoms with Gasteiger partial charge >= 0.3 is 5.97 Å². The first-order valence-corrected chi connectivity index (χ1v) is 10.7. The number of unbranched alkanes of at least 4 members (excludes halogenated alkanes) is 1. The topological polar surface area (TPSA) is 88.0 Å². The lowest BCUT2D eigenvalue weighted by Crippen LogP contribution is -2.45. The lowest BCUT2D eigenvalue weighted by Gasteiger charge is -2.42. The van der Waals surface area contributed by atoms with E-state index in [2.05, 4.69) is 12.2 Å². The number of hydrogen-bond donors (Lipinski definition) is 3. The minimum Gasteiger partial charge on any atom is -0.504 e. The maximum atomic E-state index is 11.8. The second-order valence-electron chi connectivity index (χ2n) is 8.33. The average Bonchev–Trinajstić information content (AvgIpc) is 2.67. The molecule has 6 heteroatoms. The van der Waals surface area contributed by atoms with Crippen LogP contribution in [0.2, 0.25) is 0 Å². The molecule has 1 aliphatic rings. The standard InChI is InChI=1S/C23H37NO5/c1-5-6-7-18-9-11-23(14-20(18)26,29-16(2)25)10-8-17-12-19(15-24-3)22(27)21(13-17)28-4/h12-13,18,20,24,26-27H,5-11,14-15H2,1-4H3. The van der Waals surface area contributed by atoms with Crippen LogP contribution in [-0.2, 0) is 22.5 Å². The Kier molecular flexibility index (Phi) is 8.78. The average molecular weight is 408 g/mol. The van der Waals surface area contributed by atoms with Gasteiger partial charge in [-0.3, -0.25) is 4.79 Å². The van der Waals surface area contributed by atoms with Gasteiger partial charge in [-0.2, -0.15) is 0 Å². The molecule has 1 saturated carbocycles. The van der Waals surface area contributed by atoms with E-state index < -0.39 is 11.7 Å². The number of ether oxygens (including phenoxy) is 2. The second-order valence-corrected chi connectivity index (χ2v) is 8.33. The summed E-state index contributed by atoms with van der Waals surface area (Å²) in [6, 6.07) is 3.79. The van der Waals surface area contributed by atoms with E-state index in [4.69, 9.17) is 9.47 Å². The number of esters is 1. The maximum absolute atomic E-state index is 11.8. The van der Waals surface area contributed by atoms with E-state index >= 15 is 0 Å². The fourth-order valence-electron chi connectivity index (χ4n) is 4.50. The minimum atomic E-state index is -0.637. The molecule has 0 spiro atoms. The molecule has 164 valence electrons. The maximum Gasteiger partial charge on any atom is 0.303 e. The van der Waals surface area contributed by atoms with E-state index in [0.29, 0.717) is 31.6 Å². The van der Waals surface area contributed by atoms with Crippen molar-refractivity contribution in [1.29, 1.82) is 0 Å². The van der Waals surface area contributed by atoms with Gasteiger partial charge in [0.2, 0.25) is 0 Å². The molecule has 0 aromatic heterocycles. The molecule has 6 nitrogen and oxygen atoms in total. The molecular formula is C23H37NO5. The van der Waals surface area contributed by atoms with Crippen LogP contribution in [0.4, 0.5) is 0 Å². The van der Waals surface area contributed by atoms with E-state index in [-0.39, 0.29) is 17.6 Å². The largest absolute Gasteiger partial charge is 0.504 e. The number of carbonyl (C=O) groups excluding carboxylic acids is 1. The SMILES string of the molecule is CCCCC1CCC(CCc2cc(CNC)c(O)c(OC)c2)(OC(C)=O)CC1O. The van der Waals surface area contributed by atoms with Crippen molar-refractivity contribution in [3.05, 3.63) is 23.3 Å². The zero-order valence-corrected chi connectivity index (χ0v) is 18.3. The van der Waals surface area contributed by atoms with Gasteiger partial charge in [0.1, 0.15) is 5.60 Å². The smallest absolute Gasteiger partial charge is 0.303 e.